The molecule has 6 N–H and O–H groups in total. The molecular weight excluding hydrogens is 700 g/mol. The Morgan fingerprint density at radius 2 is 1.64 bits per heavy atom. The van der Waals surface area contributed by atoms with Gasteiger partial charge in [0, 0.05) is 57.2 Å². The van der Waals surface area contributed by atoms with Crippen molar-refractivity contribution >= 4 is 40.8 Å². The van der Waals surface area contributed by atoms with Crippen molar-refractivity contribution in [3.8, 4) is 5.75 Å². The Morgan fingerprint density at radius 1 is 0.945 bits per heavy atom. The van der Waals surface area contributed by atoms with E-state index in [1.807, 2.05) is 26.0 Å². The van der Waals surface area contributed by atoms with Crippen LogP contribution in [0.1, 0.15) is 115 Å². The number of anilines is 3. The van der Waals surface area contributed by atoms with Crippen LogP contribution < -0.4 is 26.4 Å². The van der Waals surface area contributed by atoms with Gasteiger partial charge in [-0.1, -0.05) is 44.7 Å². The number of hydrogen-bond donors (Lipinski definition) is 5. The van der Waals surface area contributed by atoms with E-state index in [0.717, 1.165) is 44.9 Å². The molecule has 0 saturated heterocycles. The summed E-state index contributed by atoms with van der Waals surface area (Å²) in [6.07, 6.45) is 9.83. The summed E-state index contributed by atoms with van der Waals surface area (Å²) in [6, 6.07) is 11.8. The minimum atomic E-state index is -0.522. The molecule has 304 valence electrons. The number of fused-ring (bicyclic) bond motifs is 1. The predicted molar refractivity (Wildman–Crippen MR) is 216 cm³/mol. The van der Waals surface area contributed by atoms with Gasteiger partial charge in [0.2, 0.25) is 11.8 Å². The molecule has 55 heavy (non-hydrogen) atoms. The Kier molecular flexibility index (Phi) is 17.6. The zero-order valence-corrected chi connectivity index (χ0v) is 33.3. The maximum Gasteiger partial charge on any atom is 0.317 e. The lowest BCUT2D eigenvalue weighted by Crippen LogP contribution is -2.50. The average Bonchev–Trinajstić information content (AvgIpc) is 3.17. The lowest BCUT2D eigenvalue weighted by molar-refractivity contribution is -0.116. The molecule has 0 aromatic heterocycles. The number of hydrogen-bond acceptors (Lipinski definition) is 8. The van der Waals surface area contributed by atoms with Crippen LogP contribution in [0.3, 0.4) is 0 Å². The summed E-state index contributed by atoms with van der Waals surface area (Å²) in [5, 5.41) is 19.2. The predicted octanol–water partition coefficient (Wildman–Crippen LogP) is 6.57. The van der Waals surface area contributed by atoms with E-state index in [-0.39, 0.29) is 67.5 Å². The van der Waals surface area contributed by atoms with Crippen molar-refractivity contribution in [1.82, 2.24) is 15.1 Å². The number of aliphatic hydroxyl groups is 1. The van der Waals surface area contributed by atoms with Crippen LogP contribution in [-0.2, 0) is 14.3 Å². The number of nitrogens with two attached hydrogens (primary N) is 1. The number of benzene rings is 2. The second kappa shape index (κ2) is 22.3. The fourth-order valence-electron chi connectivity index (χ4n) is 7.14. The van der Waals surface area contributed by atoms with Crippen LogP contribution in [0.2, 0.25) is 0 Å². The van der Waals surface area contributed by atoms with Crippen molar-refractivity contribution in [2.24, 2.45) is 5.92 Å². The Bertz CT molecular complexity index is 1550. The molecule has 1 heterocycles. The van der Waals surface area contributed by atoms with Gasteiger partial charge in [0.05, 0.1) is 41.8 Å². The maximum atomic E-state index is 14.5. The van der Waals surface area contributed by atoms with Crippen LogP contribution in [-0.4, -0.2) is 96.3 Å². The molecule has 1 aliphatic heterocycles. The standard InChI is InChI=1S/C42H64N6O7/c1-29-26-48(30(2)28-49)41(52)34-25-33(44-39(50)20-9-6-10-21-40(51)46-36-19-12-11-18-35(36)43)22-23-37(34)55-31(3)15-13-14-24-54-38(29)27-47(4)42(53)45-32-16-7-5-8-17-32/h11-12,18-19,22-23,25,29-32,38,49H,5-10,13-17,20-21,24,26-28,43H2,1-4H3,(H,44,50)(H,45,53)(H,46,51)/t29-,30+,31-,38+/m1/s1. The molecule has 2 aromatic rings. The highest BCUT2D eigenvalue weighted by molar-refractivity contribution is 6.00. The molecule has 4 atom stereocenters. The van der Waals surface area contributed by atoms with E-state index >= 15 is 0 Å². The van der Waals surface area contributed by atoms with E-state index in [4.69, 9.17) is 15.2 Å². The number of amides is 5. The molecule has 1 aliphatic carbocycles. The van der Waals surface area contributed by atoms with Crippen molar-refractivity contribution in [2.45, 2.75) is 129 Å². The Hall–Kier alpha value is -4.36. The molecule has 13 heteroatoms. The molecule has 0 unspecified atom stereocenters. The summed E-state index contributed by atoms with van der Waals surface area (Å²) >= 11 is 0. The van der Waals surface area contributed by atoms with Gasteiger partial charge in [-0.15, -0.1) is 0 Å². The normalized spacial score (nSPS) is 20.6. The van der Waals surface area contributed by atoms with Crippen LogP contribution in [0.25, 0.3) is 0 Å². The summed E-state index contributed by atoms with van der Waals surface area (Å²) in [7, 11) is 1.78. The van der Waals surface area contributed by atoms with Crippen LogP contribution in [0.5, 0.6) is 5.75 Å². The van der Waals surface area contributed by atoms with Crippen LogP contribution in [0.4, 0.5) is 21.9 Å². The monoisotopic (exact) mass is 764 g/mol. The fourth-order valence-corrected chi connectivity index (χ4v) is 7.14. The molecule has 0 spiro atoms. The number of likely N-dealkylation sites (N-methyl/N-ethyl adjacent to an activating group) is 1. The first-order chi connectivity index (χ1) is 26.4. The highest BCUT2D eigenvalue weighted by Gasteiger charge is 2.31. The number of nitrogen functional groups attached to an aromatic ring is 1. The lowest BCUT2D eigenvalue weighted by atomic mass is 9.96. The minimum Gasteiger partial charge on any atom is -0.490 e. The number of carbonyl (C=O) groups is 4. The lowest BCUT2D eigenvalue weighted by Gasteiger charge is -2.36. The molecule has 5 amide bonds. The topological polar surface area (TPSA) is 176 Å². The van der Waals surface area contributed by atoms with Gasteiger partial charge in [-0.25, -0.2) is 4.79 Å². The first kappa shape index (κ1) is 43.4. The van der Waals surface area contributed by atoms with Gasteiger partial charge in [-0.3, -0.25) is 14.4 Å². The Morgan fingerprint density at radius 3 is 2.35 bits per heavy atom. The van der Waals surface area contributed by atoms with Crippen molar-refractivity contribution in [3.63, 3.8) is 0 Å². The van der Waals surface area contributed by atoms with Crippen molar-refractivity contribution in [3.05, 3.63) is 48.0 Å². The third-order valence-electron chi connectivity index (χ3n) is 10.6. The second-order valence-electron chi connectivity index (χ2n) is 15.4. The number of para-hydroxylation sites is 2. The van der Waals surface area contributed by atoms with Crippen LogP contribution >= 0.6 is 0 Å². The Balaban J connectivity index is 1.41. The van der Waals surface area contributed by atoms with Crippen molar-refractivity contribution in [1.29, 1.82) is 0 Å². The highest BCUT2D eigenvalue weighted by Crippen LogP contribution is 2.29. The molecular formula is C42H64N6O7. The quantitative estimate of drug-likeness (QED) is 0.113. The van der Waals surface area contributed by atoms with Crippen LogP contribution in [0.15, 0.2) is 42.5 Å². The molecule has 2 aliphatic rings. The molecule has 0 bridgehead atoms. The molecule has 0 radical (unpaired) electrons. The number of rotatable bonds is 13. The van der Waals surface area contributed by atoms with E-state index in [0.29, 0.717) is 67.2 Å². The SMILES string of the molecule is C[C@@H]1CCCCO[C@@H](CN(C)C(=O)NC2CCCCC2)[C@H](C)CN([C@@H](C)CO)C(=O)c2cc(NC(=O)CCCCCC(=O)Nc3ccccc3N)ccc2O1. The zero-order valence-electron chi connectivity index (χ0n) is 33.3. The first-order valence-corrected chi connectivity index (χ1v) is 20.2. The smallest absolute Gasteiger partial charge is 0.317 e. The van der Waals surface area contributed by atoms with E-state index in [1.165, 1.54) is 6.42 Å². The van der Waals surface area contributed by atoms with E-state index in [9.17, 15) is 24.3 Å². The van der Waals surface area contributed by atoms with Crippen LogP contribution in [0, 0.1) is 5.92 Å². The number of aliphatic hydroxyl groups excluding tert-OH is 1. The van der Waals surface area contributed by atoms with Gasteiger partial charge in [-0.05, 0) is 89.1 Å². The fraction of sp³-hybridized carbons (Fsp3) is 0.619. The van der Waals surface area contributed by atoms with E-state index in [1.54, 1.807) is 54.1 Å². The molecule has 13 nitrogen and oxygen atoms in total. The second-order valence-corrected chi connectivity index (χ2v) is 15.4. The summed E-state index contributed by atoms with van der Waals surface area (Å²) in [4.78, 5) is 56.3. The number of ether oxygens (including phenoxy) is 2. The number of nitrogens with zero attached hydrogens (tertiary/aromatic N) is 2. The maximum absolute atomic E-state index is 14.5. The average molecular weight is 765 g/mol. The molecule has 1 fully saturated rings. The summed E-state index contributed by atoms with van der Waals surface area (Å²) in [5.41, 5.74) is 7.76. The van der Waals surface area contributed by atoms with Crippen molar-refractivity contribution in [2.75, 3.05) is 49.7 Å². The molecule has 4 rings (SSSR count). The van der Waals surface area contributed by atoms with Gasteiger partial charge >= 0.3 is 6.03 Å². The number of nitrogens with one attached hydrogen (secondary N) is 3. The first-order valence-electron chi connectivity index (χ1n) is 20.2. The minimum absolute atomic E-state index is 0.120. The van der Waals surface area contributed by atoms with Gasteiger partial charge in [0.25, 0.3) is 5.91 Å². The molecule has 2 aromatic carbocycles. The van der Waals surface area contributed by atoms with Gasteiger partial charge < -0.3 is 46.1 Å². The number of carbonyl (C=O) groups excluding carboxylic acids is 4. The van der Waals surface area contributed by atoms with Gasteiger partial charge in [0.1, 0.15) is 5.75 Å². The van der Waals surface area contributed by atoms with Gasteiger partial charge in [0.15, 0.2) is 0 Å². The Labute approximate surface area is 327 Å². The van der Waals surface area contributed by atoms with E-state index < -0.39 is 6.04 Å². The highest BCUT2D eigenvalue weighted by atomic mass is 16.5. The largest absolute Gasteiger partial charge is 0.490 e. The van der Waals surface area contributed by atoms with Gasteiger partial charge in [-0.2, -0.15) is 0 Å². The summed E-state index contributed by atoms with van der Waals surface area (Å²) in [6.45, 7) is 6.67. The summed E-state index contributed by atoms with van der Waals surface area (Å²) in [5.74, 6) is -0.423. The molecule has 1 saturated carbocycles. The third-order valence-corrected chi connectivity index (χ3v) is 10.6. The number of urea groups is 1. The number of unbranched alkanes of at least 4 members (excludes halogenated alkanes) is 2. The van der Waals surface area contributed by atoms with E-state index in [2.05, 4.69) is 16.0 Å². The summed E-state index contributed by atoms with van der Waals surface area (Å²) < 4.78 is 12.8. The zero-order chi connectivity index (χ0) is 39.7. The van der Waals surface area contributed by atoms with Crippen molar-refractivity contribution < 1.29 is 33.8 Å². The third kappa shape index (κ3) is 14.0.